The molecule has 0 aliphatic heterocycles. The van der Waals surface area contributed by atoms with Gasteiger partial charge in [0, 0.05) is 17.5 Å². The number of primary amides is 1. The van der Waals surface area contributed by atoms with Crippen molar-refractivity contribution < 1.29 is 4.79 Å². The maximum Gasteiger partial charge on any atom is 0.349 e. The van der Waals surface area contributed by atoms with Crippen LogP contribution in [0.2, 0.25) is 0 Å². The van der Waals surface area contributed by atoms with Crippen LogP contribution in [-0.4, -0.2) is 26.2 Å². The van der Waals surface area contributed by atoms with Crippen molar-refractivity contribution in [2.75, 3.05) is 5.75 Å². The number of fused-ring (bicyclic) bond motifs is 1. The standard InChI is InChI=1S/C16H18N4O2S/c17-14(21)10-23-15-12-6-1-2-7-13(12)20(16(22)19-15)9-11-5-3-4-8-18-11/h3-5,8H,1-2,6-7,9-10H2,(H2,17,21). The number of pyridine rings is 1. The van der Waals surface area contributed by atoms with Crippen LogP contribution in [0.25, 0.3) is 0 Å². The molecule has 0 bridgehead atoms. The van der Waals surface area contributed by atoms with Gasteiger partial charge in [0.1, 0.15) is 5.03 Å². The summed E-state index contributed by atoms with van der Waals surface area (Å²) in [6.07, 6.45) is 5.58. The Morgan fingerprint density at radius 3 is 2.87 bits per heavy atom. The summed E-state index contributed by atoms with van der Waals surface area (Å²) in [4.78, 5) is 32.0. The summed E-state index contributed by atoms with van der Waals surface area (Å²) in [6.45, 7) is 0.426. The molecular formula is C16H18N4O2S. The van der Waals surface area contributed by atoms with E-state index in [2.05, 4.69) is 9.97 Å². The molecule has 0 unspecified atom stereocenters. The summed E-state index contributed by atoms with van der Waals surface area (Å²) >= 11 is 1.26. The molecule has 0 saturated heterocycles. The molecule has 1 amide bonds. The molecule has 23 heavy (non-hydrogen) atoms. The van der Waals surface area contributed by atoms with E-state index in [0.29, 0.717) is 11.6 Å². The molecule has 2 aromatic heterocycles. The summed E-state index contributed by atoms with van der Waals surface area (Å²) in [7, 11) is 0. The van der Waals surface area contributed by atoms with Crippen LogP contribution in [-0.2, 0) is 24.2 Å². The number of rotatable bonds is 5. The minimum atomic E-state index is -0.404. The molecule has 0 aromatic carbocycles. The molecule has 0 spiro atoms. The Labute approximate surface area is 138 Å². The van der Waals surface area contributed by atoms with Crippen molar-refractivity contribution >= 4 is 17.7 Å². The lowest BCUT2D eigenvalue weighted by atomic mass is 9.97. The first-order valence-corrected chi connectivity index (χ1v) is 8.57. The second-order valence-electron chi connectivity index (χ2n) is 5.49. The zero-order valence-electron chi connectivity index (χ0n) is 12.7. The van der Waals surface area contributed by atoms with Crippen molar-refractivity contribution in [2.45, 2.75) is 37.3 Å². The molecular weight excluding hydrogens is 312 g/mol. The normalized spacial score (nSPS) is 13.6. The molecule has 3 rings (SSSR count). The topological polar surface area (TPSA) is 90.9 Å². The molecule has 0 fully saturated rings. The Morgan fingerprint density at radius 1 is 1.30 bits per heavy atom. The van der Waals surface area contributed by atoms with Crippen molar-refractivity contribution in [2.24, 2.45) is 5.73 Å². The summed E-state index contributed by atoms with van der Waals surface area (Å²) in [5.41, 5.74) is 7.86. The lowest BCUT2D eigenvalue weighted by Crippen LogP contribution is -2.31. The molecule has 1 aliphatic rings. The molecule has 6 nitrogen and oxygen atoms in total. The second kappa shape index (κ2) is 6.95. The Morgan fingerprint density at radius 2 is 2.13 bits per heavy atom. The van der Waals surface area contributed by atoms with Gasteiger partial charge in [-0.1, -0.05) is 17.8 Å². The summed E-state index contributed by atoms with van der Waals surface area (Å²) in [6, 6.07) is 5.66. The molecule has 0 atom stereocenters. The van der Waals surface area contributed by atoms with Crippen molar-refractivity contribution in [3.63, 3.8) is 0 Å². The number of carbonyl (C=O) groups excluding carboxylic acids is 1. The zero-order valence-corrected chi connectivity index (χ0v) is 13.5. The predicted octanol–water partition coefficient (Wildman–Crippen LogP) is 1.14. The summed E-state index contributed by atoms with van der Waals surface area (Å²) in [5, 5.41) is 0.653. The van der Waals surface area contributed by atoms with Crippen LogP contribution < -0.4 is 11.4 Å². The molecule has 1 aliphatic carbocycles. The maximum atomic E-state index is 12.5. The van der Waals surface area contributed by atoms with E-state index in [1.165, 1.54) is 11.8 Å². The fourth-order valence-electron chi connectivity index (χ4n) is 2.82. The van der Waals surface area contributed by atoms with Gasteiger partial charge in [-0.25, -0.2) is 4.79 Å². The molecule has 0 saturated carbocycles. The number of nitrogens with zero attached hydrogens (tertiary/aromatic N) is 3. The number of hydrogen-bond donors (Lipinski definition) is 1. The second-order valence-corrected chi connectivity index (χ2v) is 6.46. The lowest BCUT2D eigenvalue weighted by molar-refractivity contribution is -0.115. The van der Waals surface area contributed by atoms with E-state index in [-0.39, 0.29) is 11.4 Å². The monoisotopic (exact) mass is 330 g/mol. The summed E-state index contributed by atoms with van der Waals surface area (Å²) in [5.74, 6) is -0.262. The first-order valence-electron chi connectivity index (χ1n) is 7.59. The minimum Gasteiger partial charge on any atom is -0.369 e. The van der Waals surface area contributed by atoms with E-state index >= 15 is 0 Å². The Kier molecular flexibility index (Phi) is 4.76. The van der Waals surface area contributed by atoms with Crippen LogP contribution in [0.3, 0.4) is 0 Å². The van der Waals surface area contributed by atoms with E-state index in [1.54, 1.807) is 10.8 Å². The Hall–Kier alpha value is -2.15. The van der Waals surface area contributed by atoms with Gasteiger partial charge >= 0.3 is 5.69 Å². The average Bonchev–Trinajstić information content (AvgIpc) is 2.56. The third kappa shape index (κ3) is 3.61. The molecule has 2 N–H and O–H groups in total. The van der Waals surface area contributed by atoms with Crippen LogP contribution in [0.5, 0.6) is 0 Å². The number of carbonyl (C=O) groups is 1. The van der Waals surface area contributed by atoms with E-state index in [1.807, 2.05) is 18.2 Å². The molecule has 2 heterocycles. The van der Waals surface area contributed by atoms with Gasteiger partial charge in [0.2, 0.25) is 5.91 Å². The first-order chi connectivity index (χ1) is 11.1. The van der Waals surface area contributed by atoms with Gasteiger partial charge in [0.25, 0.3) is 0 Å². The lowest BCUT2D eigenvalue weighted by Gasteiger charge is -2.22. The van der Waals surface area contributed by atoms with Crippen molar-refractivity contribution in [1.29, 1.82) is 0 Å². The smallest absolute Gasteiger partial charge is 0.349 e. The highest BCUT2D eigenvalue weighted by atomic mass is 32.2. The minimum absolute atomic E-state index is 0.142. The van der Waals surface area contributed by atoms with Crippen LogP contribution in [0.15, 0.2) is 34.2 Å². The number of thioether (sulfide) groups is 1. The van der Waals surface area contributed by atoms with Gasteiger partial charge < -0.3 is 5.73 Å². The highest BCUT2D eigenvalue weighted by molar-refractivity contribution is 7.99. The average molecular weight is 330 g/mol. The van der Waals surface area contributed by atoms with Crippen molar-refractivity contribution in [3.05, 3.63) is 51.8 Å². The van der Waals surface area contributed by atoms with Gasteiger partial charge in [0.15, 0.2) is 0 Å². The van der Waals surface area contributed by atoms with Crippen LogP contribution in [0.1, 0.15) is 29.8 Å². The fourth-order valence-corrected chi connectivity index (χ4v) is 3.64. The van der Waals surface area contributed by atoms with Crippen LogP contribution in [0, 0.1) is 0 Å². The van der Waals surface area contributed by atoms with Crippen molar-refractivity contribution in [1.82, 2.24) is 14.5 Å². The summed E-state index contributed by atoms with van der Waals surface area (Å²) < 4.78 is 1.71. The number of amides is 1. The van der Waals surface area contributed by atoms with E-state index in [4.69, 9.17) is 5.73 Å². The van der Waals surface area contributed by atoms with Crippen molar-refractivity contribution in [3.8, 4) is 0 Å². The van der Waals surface area contributed by atoms with Gasteiger partial charge in [-0.2, -0.15) is 4.98 Å². The number of nitrogens with two attached hydrogens (primary N) is 1. The fraction of sp³-hybridized carbons (Fsp3) is 0.375. The third-order valence-corrected chi connectivity index (χ3v) is 4.89. The van der Waals surface area contributed by atoms with Crippen LogP contribution >= 0.6 is 11.8 Å². The van der Waals surface area contributed by atoms with E-state index in [9.17, 15) is 9.59 Å². The van der Waals surface area contributed by atoms with E-state index < -0.39 is 5.91 Å². The molecule has 120 valence electrons. The number of hydrogen-bond acceptors (Lipinski definition) is 5. The molecule has 7 heteroatoms. The largest absolute Gasteiger partial charge is 0.369 e. The Bertz CT molecular complexity index is 774. The SMILES string of the molecule is NC(=O)CSc1nc(=O)n(Cc2ccccn2)c2c1CCCC2. The maximum absolute atomic E-state index is 12.5. The zero-order chi connectivity index (χ0) is 16.2. The quantitative estimate of drug-likeness (QED) is 0.656. The third-order valence-electron chi connectivity index (χ3n) is 3.85. The number of aromatic nitrogens is 3. The van der Waals surface area contributed by atoms with Gasteiger partial charge in [0.05, 0.1) is 18.0 Å². The van der Waals surface area contributed by atoms with Crippen LogP contribution in [0.4, 0.5) is 0 Å². The van der Waals surface area contributed by atoms with E-state index in [0.717, 1.165) is 42.6 Å². The first kappa shape index (κ1) is 15.7. The van der Waals surface area contributed by atoms with Gasteiger partial charge in [-0.3, -0.25) is 14.3 Å². The van der Waals surface area contributed by atoms with Gasteiger partial charge in [-0.15, -0.1) is 0 Å². The predicted molar refractivity (Wildman–Crippen MR) is 88.4 cm³/mol. The Balaban J connectivity index is 2.00. The highest BCUT2D eigenvalue weighted by Crippen LogP contribution is 2.28. The highest BCUT2D eigenvalue weighted by Gasteiger charge is 2.21. The molecule has 2 aromatic rings. The molecule has 0 radical (unpaired) electrons. The van der Waals surface area contributed by atoms with Gasteiger partial charge in [-0.05, 0) is 37.8 Å².